The summed E-state index contributed by atoms with van der Waals surface area (Å²) in [5.41, 5.74) is 9.56. The van der Waals surface area contributed by atoms with Crippen LogP contribution in [-0.4, -0.2) is 0 Å². The second kappa shape index (κ2) is 9.79. The summed E-state index contributed by atoms with van der Waals surface area (Å²) >= 11 is 0. The summed E-state index contributed by atoms with van der Waals surface area (Å²) in [6, 6.07) is 34.9. The third-order valence-corrected chi connectivity index (χ3v) is 5.73. The first-order valence-electron chi connectivity index (χ1n) is 11.0. The Labute approximate surface area is 188 Å². The van der Waals surface area contributed by atoms with E-state index in [0.29, 0.717) is 0 Å². The fraction of sp³-hybridized carbons (Fsp3) is 0.129. The van der Waals surface area contributed by atoms with E-state index in [1.165, 1.54) is 33.4 Å². The Morgan fingerprint density at radius 2 is 0.806 bits per heavy atom. The highest BCUT2D eigenvalue weighted by Crippen LogP contribution is 2.55. The van der Waals surface area contributed by atoms with Crippen molar-refractivity contribution in [3.8, 4) is 11.1 Å². The number of fused-ring (bicyclic) bond motifs is 3. The van der Waals surface area contributed by atoms with Crippen LogP contribution in [-0.2, 0) is 5.41 Å². The highest BCUT2D eigenvalue weighted by molar-refractivity contribution is 5.86. The van der Waals surface area contributed by atoms with E-state index in [2.05, 4.69) is 118 Å². The largest absolute Gasteiger partial charge is 0.0713 e. The molecule has 0 fully saturated rings. The average molecular weight is 404 g/mol. The maximum Gasteiger partial charge on any atom is 0.0713 e. The van der Waals surface area contributed by atoms with E-state index in [1.54, 1.807) is 6.92 Å². The van der Waals surface area contributed by atoms with E-state index in [-0.39, 0.29) is 5.41 Å². The monoisotopic (exact) mass is 403 g/mol. The third kappa shape index (κ3) is 3.72. The molecule has 5 rings (SSSR count). The van der Waals surface area contributed by atoms with Gasteiger partial charge < -0.3 is 0 Å². The van der Waals surface area contributed by atoms with Crippen LogP contribution < -0.4 is 0 Å². The Morgan fingerprint density at radius 3 is 1.16 bits per heavy atom. The van der Waals surface area contributed by atoms with E-state index in [9.17, 15) is 0 Å². The summed E-state index contributed by atoms with van der Waals surface area (Å²) in [7, 11) is 0. The molecule has 0 heterocycles. The number of rotatable bonds is 2. The summed E-state index contributed by atoms with van der Waals surface area (Å²) in [4.78, 5) is 0. The van der Waals surface area contributed by atoms with Gasteiger partial charge in [-0.1, -0.05) is 125 Å². The Bertz CT molecular complexity index is 1020. The molecule has 4 aromatic rings. The minimum absolute atomic E-state index is 0.325. The highest BCUT2D eigenvalue weighted by atomic mass is 14.5. The Morgan fingerprint density at radius 1 is 0.484 bits per heavy atom. The van der Waals surface area contributed by atoms with Crippen LogP contribution in [0.5, 0.6) is 0 Å². The zero-order valence-corrected chi connectivity index (χ0v) is 18.9. The van der Waals surface area contributed by atoms with Crippen molar-refractivity contribution in [2.75, 3.05) is 0 Å². The van der Waals surface area contributed by atoms with Crippen LogP contribution in [0.15, 0.2) is 97.1 Å². The average Bonchev–Trinajstić information content (AvgIpc) is 3.14. The molecule has 3 radical (unpaired) electrons. The van der Waals surface area contributed by atoms with Crippen molar-refractivity contribution in [3.05, 3.63) is 151 Å². The maximum atomic E-state index is 4.08. The van der Waals surface area contributed by atoms with Gasteiger partial charge in [0.05, 0.1) is 5.41 Å². The standard InChI is InChI=1S/C27H20.C2H6.C2H5/c1-19-11-15-21(16-12-19)27(22-17-13-20(2)14-18-22)25-9-5-3-7-23(25)24-8-4-6-10-26(24)27;2*1-2/h3-18H,1-2H2;1-2H3;1H2,2H3. The van der Waals surface area contributed by atoms with Gasteiger partial charge >= 0.3 is 0 Å². The van der Waals surface area contributed by atoms with E-state index in [1.807, 2.05) is 13.8 Å². The Kier molecular flexibility index (Phi) is 7.13. The Hall–Kier alpha value is -3.12. The summed E-state index contributed by atoms with van der Waals surface area (Å²) < 4.78 is 0. The van der Waals surface area contributed by atoms with Gasteiger partial charge in [0.2, 0.25) is 0 Å². The molecule has 0 heteroatoms. The fourth-order valence-electron chi connectivity index (χ4n) is 4.53. The lowest BCUT2D eigenvalue weighted by Gasteiger charge is -2.34. The topological polar surface area (TPSA) is 0 Å². The van der Waals surface area contributed by atoms with Crippen molar-refractivity contribution in [2.45, 2.75) is 26.2 Å². The van der Waals surface area contributed by atoms with Gasteiger partial charge in [-0.3, -0.25) is 0 Å². The number of hydrogen-bond donors (Lipinski definition) is 0. The first kappa shape index (κ1) is 22.6. The van der Waals surface area contributed by atoms with Gasteiger partial charge in [-0.05, 0) is 58.4 Å². The Balaban J connectivity index is 0.000000645. The van der Waals surface area contributed by atoms with Crippen molar-refractivity contribution in [3.63, 3.8) is 0 Å². The fourth-order valence-corrected chi connectivity index (χ4v) is 4.53. The van der Waals surface area contributed by atoms with Crippen molar-refractivity contribution in [1.82, 2.24) is 0 Å². The lowest BCUT2D eigenvalue weighted by Crippen LogP contribution is -2.28. The summed E-state index contributed by atoms with van der Waals surface area (Å²) in [5, 5.41) is 0. The number of benzene rings is 4. The molecular weight excluding hydrogens is 372 g/mol. The molecule has 0 N–H and O–H groups in total. The van der Waals surface area contributed by atoms with Crippen LogP contribution in [0.1, 0.15) is 54.2 Å². The van der Waals surface area contributed by atoms with Crippen molar-refractivity contribution in [1.29, 1.82) is 0 Å². The predicted octanol–water partition coefficient (Wildman–Crippen LogP) is 8.28. The molecule has 31 heavy (non-hydrogen) atoms. The van der Waals surface area contributed by atoms with Crippen LogP contribution in [0, 0.1) is 20.8 Å². The third-order valence-electron chi connectivity index (χ3n) is 5.73. The lowest BCUT2D eigenvalue weighted by atomic mass is 9.67. The van der Waals surface area contributed by atoms with Gasteiger partial charge in [0, 0.05) is 0 Å². The predicted molar refractivity (Wildman–Crippen MR) is 135 cm³/mol. The van der Waals surface area contributed by atoms with Gasteiger partial charge in [0.1, 0.15) is 0 Å². The zero-order chi connectivity index (χ0) is 22.4. The molecule has 0 atom stereocenters. The molecule has 0 aromatic heterocycles. The van der Waals surface area contributed by atoms with Gasteiger partial charge in [-0.25, -0.2) is 0 Å². The van der Waals surface area contributed by atoms with Crippen LogP contribution >= 0.6 is 0 Å². The second-order valence-corrected chi connectivity index (χ2v) is 7.24. The molecule has 1 aliphatic carbocycles. The molecule has 1 aliphatic rings. The molecule has 0 amide bonds. The van der Waals surface area contributed by atoms with Crippen molar-refractivity contribution in [2.24, 2.45) is 0 Å². The minimum atomic E-state index is -0.325. The summed E-state index contributed by atoms with van der Waals surface area (Å²) in [5.74, 6) is 0. The molecule has 0 aliphatic heterocycles. The molecule has 4 aromatic carbocycles. The first-order valence-corrected chi connectivity index (χ1v) is 11.0. The van der Waals surface area contributed by atoms with Crippen molar-refractivity contribution >= 4 is 0 Å². The quantitative estimate of drug-likeness (QED) is 0.278. The van der Waals surface area contributed by atoms with Gasteiger partial charge in [0.15, 0.2) is 0 Å². The summed E-state index contributed by atoms with van der Waals surface area (Å²) in [6.45, 7) is 17.2. The van der Waals surface area contributed by atoms with Crippen LogP contribution in [0.3, 0.4) is 0 Å². The smallest absolute Gasteiger partial charge is 0.0683 e. The maximum absolute atomic E-state index is 4.08. The van der Waals surface area contributed by atoms with Gasteiger partial charge in [-0.2, -0.15) is 0 Å². The molecule has 0 saturated heterocycles. The van der Waals surface area contributed by atoms with E-state index in [4.69, 9.17) is 0 Å². The van der Waals surface area contributed by atoms with Crippen LogP contribution in [0.25, 0.3) is 11.1 Å². The molecule has 0 nitrogen and oxygen atoms in total. The van der Waals surface area contributed by atoms with Gasteiger partial charge in [-0.15, -0.1) is 0 Å². The normalized spacial score (nSPS) is 12.5. The van der Waals surface area contributed by atoms with Crippen LogP contribution in [0.2, 0.25) is 0 Å². The molecule has 155 valence electrons. The van der Waals surface area contributed by atoms with E-state index >= 15 is 0 Å². The molecular formula is C31H31. The minimum Gasteiger partial charge on any atom is -0.0683 e. The lowest BCUT2D eigenvalue weighted by molar-refractivity contribution is 0.768. The molecule has 0 spiro atoms. The molecule has 0 unspecified atom stereocenters. The first-order chi connectivity index (χ1) is 15.2. The number of hydrogen-bond acceptors (Lipinski definition) is 0. The molecule has 0 bridgehead atoms. The summed E-state index contributed by atoms with van der Waals surface area (Å²) in [6.07, 6.45) is 0. The van der Waals surface area contributed by atoms with E-state index < -0.39 is 0 Å². The van der Waals surface area contributed by atoms with Gasteiger partial charge in [0.25, 0.3) is 0 Å². The zero-order valence-electron chi connectivity index (χ0n) is 18.9. The van der Waals surface area contributed by atoms with E-state index in [0.717, 1.165) is 11.1 Å². The van der Waals surface area contributed by atoms with Crippen molar-refractivity contribution < 1.29 is 0 Å². The second-order valence-electron chi connectivity index (χ2n) is 7.24. The molecule has 0 saturated carbocycles. The van der Waals surface area contributed by atoms with Crippen LogP contribution in [0.4, 0.5) is 0 Å². The highest BCUT2D eigenvalue weighted by Gasteiger charge is 2.45. The SMILES string of the molecule is CC.[CH2]C.[CH2]c1ccc(C2(c3ccc([CH2])cc3)c3ccccc3-c3ccccc32)cc1.